The highest BCUT2D eigenvalue weighted by Crippen LogP contribution is 2.17. The van der Waals surface area contributed by atoms with Gasteiger partial charge in [0.2, 0.25) is 0 Å². The molecule has 0 aliphatic heterocycles. The standard InChI is InChI=1S/C66H120O6/c1-4-7-10-13-16-19-22-25-28-30-32-34-35-38-41-44-47-50-53-56-59-65(68)71-62-63(61-70-64(67)58-55-52-49-46-43-40-37-27-24-21-18-15-12-9-6-3)72-66(69)60-57-54-51-48-45-42-39-36-33-31-29-26-23-20-17-14-11-8-5-2/h17,20,26-27,29,33,36-37,63H,4-16,18-19,21-25,28,30-32,34-35,38-62H2,1-3H3/b20-17-,29-26-,36-33-,37-27-. The van der Waals surface area contributed by atoms with Crippen molar-refractivity contribution in [1.82, 2.24) is 0 Å². The maximum Gasteiger partial charge on any atom is 0.306 e. The molecule has 0 fully saturated rings. The SMILES string of the molecule is CCCCC/C=C\C/C=C\C/C=C\CCCCCCCCC(=O)OC(COC(=O)CCCCCCC/C=C\CCCCCCCC)COC(=O)CCCCCCCCCCCCCCCCCCCCCC. The van der Waals surface area contributed by atoms with E-state index in [-0.39, 0.29) is 31.1 Å². The molecule has 0 aliphatic rings. The molecule has 6 nitrogen and oxygen atoms in total. The Kier molecular flexibility index (Phi) is 58.7. The summed E-state index contributed by atoms with van der Waals surface area (Å²) in [7, 11) is 0. The Morgan fingerprint density at radius 2 is 0.500 bits per heavy atom. The van der Waals surface area contributed by atoms with Gasteiger partial charge in [-0.3, -0.25) is 14.4 Å². The fourth-order valence-electron chi connectivity index (χ4n) is 9.27. The molecule has 0 spiro atoms. The van der Waals surface area contributed by atoms with Gasteiger partial charge in [-0.05, 0) is 83.5 Å². The van der Waals surface area contributed by atoms with E-state index in [0.29, 0.717) is 19.3 Å². The van der Waals surface area contributed by atoms with Gasteiger partial charge in [0, 0.05) is 19.3 Å². The minimum atomic E-state index is -0.782. The molecule has 0 aromatic rings. The second kappa shape index (κ2) is 60.9. The monoisotopic (exact) mass is 1010 g/mol. The molecular weight excluding hydrogens is 889 g/mol. The first-order valence-corrected chi connectivity index (χ1v) is 31.6. The van der Waals surface area contributed by atoms with E-state index in [4.69, 9.17) is 14.2 Å². The lowest BCUT2D eigenvalue weighted by Gasteiger charge is -2.18. The quantitative estimate of drug-likeness (QED) is 0.0261. The van der Waals surface area contributed by atoms with Crippen LogP contribution in [0.4, 0.5) is 0 Å². The molecule has 0 saturated carbocycles. The molecule has 0 aromatic carbocycles. The molecule has 1 unspecified atom stereocenters. The summed E-state index contributed by atoms with van der Waals surface area (Å²) in [5, 5.41) is 0. The Bertz CT molecular complexity index is 1250. The van der Waals surface area contributed by atoms with Gasteiger partial charge >= 0.3 is 17.9 Å². The number of rotatable bonds is 58. The summed E-state index contributed by atoms with van der Waals surface area (Å²) in [6.07, 6.45) is 75.4. The van der Waals surface area contributed by atoms with Gasteiger partial charge in [-0.1, -0.05) is 281 Å². The van der Waals surface area contributed by atoms with Crippen LogP contribution in [0.1, 0.15) is 335 Å². The number of hydrogen-bond donors (Lipinski definition) is 0. The van der Waals surface area contributed by atoms with E-state index in [1.165, 1.54) is 205 Å². The molecule has 0 heterocycles. The normalized spacial score (nSPS) is 12.3. The van der Waals surface area contributed by atoms with E-state index in [1.54, 1.807) is 0 Å². The number of esters is 3. The second-order valence-corrected chi connectivity index (χ2v) is 21.3. The first-order chi connectivity index (χ1) is 35.5. The topological polar surface area (TPSA) is 78.9 Å². The van der Waals surface area contributed by atoms with Crippen LogP contribution in [0, 0.1) is 0 Å². The minimum absolute atomic E-state index is 0.0777. The van der Waals surface area contributed by atoms with Crippen LogP contribution in [0.15, 0.2) is 48.6 Å². The molecule has 0 radical (unpaired) electrons. The van der Waals surface area contributed by atoms with Crippen molar-refractivity contribution in [2.75, 3.05) is 13.2 Å². The van der Waals surface area contributed by atoms with E-state index in [1.807, 2.05) is 0 Å². The van der Waals surface area contributed by atoms with Gasteiger partial charge in [0.05, 0.1) is 0 Å². The first-order valence-electron chi connectivity index (χ1n) is 31.6. The molecular formula is C66H120O6. The number of carbonyl (C=O) groups is 3. The lowest BCUT2D eigenvalue weighted by atomic mass is 10.0. The van der Waals surface area contributed by atoms with Crippen LogP contribution in [-0.4, -0.2) is 37.2 Å². The molecule has 72 heavy (non-hydrogen) atoms. The van der Waals surface area contributed by atoms with Crippen LogP contribution in [0.3, 0.4) is 0 Å². The number of carbonyl (C=O) groups excluding carboxylic acids is 3. The number of ether oxygens (including phenoxy) is 3. The second-order valence-electron chi connectivity index (χ2n) is 21.3. The highest BCUT2D eigenvalue weighted by atomic mass is 16.6. The molecule has 420 valence electrons. The third-order valence-electron chi connectivity index (χ3n) is 14.1. The summed E-state index contributed by atoms with van der Waals surface area (Å²) >= 11 is 0. The molecule has 0 rings (SSSR count). The van der Waals surface area contributed by atoms with Crippen molar-refractivity contribution in [3.8, 4) is 0 Å². The Morgan fingerprint density at radius 1 is 0.278 bits per heavy atom. The predicted molar refractivity (Wildman–Crippen MR) is 312 cm³/mol. The van der Waals surface area contributed by atoms with Gasteiger partial charge in [0.15, 0.2) is 6.10 Å². The van der Waals surface area contributed by atoms with Gasteiger partial charge < -0.3 is 14.2 Å². The number of unbranched alkanes of at least 4 members (excludes halogenated alkanes) is 39. The van der Waals surface area contributed by atoms with Crippen molar-refractivity contribution >= 4 is 17.9 Å². The maximum atomic E-state index is 12.9. The summed E-state index contributed by atoms with van der Waals surface area (Å²) in [5.74, 6) is -0.879. The zero-order valence-corrected chi connectivity index (χ0v) is 48.2. The molecule has 0 N–H and O–H groups in total. The molecule has 0 amide bonds. The van der Waals surface area contributed by atoms with Gasteiger partial charge in [-0.2, -0.15) is 0 Å². The number of hydrogen-bond acceptors (Lipinski definition) is 6. The fourth-order valence-corrected chi connectivity index (χ4v) is 9.27. The van der Waals surface area contributed by atoms with E-state index in [9.17, 15) is 14.4 Å². The summed E-state index contributed by atoms with van der Waals surface area (Å²) in [4.78, 5) is 38.3. The van der Waals surface area contributed by atoms with Gasteiger partial charge in [-0.25, -0.2) is 0 Å². The lowest BCUT2D eigenvalue weighted by Crippen LogP contribution is -2.30. The largest absolute Gasteiger partial charge is 0.462 e. The Hall–Kier alpha value is -2.63. The van der Waals surface area contributed by atoms with E-state index < -0.39 is 6.10 Å². The van der Waals surface area contributed by atoms with Crippen LogP contribution in [0.2, 0.25) is 0 Å². The lowest BCUT2D eigenvalue weighted by molar-refractivity contribution is -0.167. The molecule has 0 aliphatic carbocycles. The summed E-state index contributed by atoms with van der Waals surface area (Å²) < 4.78 is 16.9. The zero-order valence-electron chi connectivity index (χ0n) is 48.2. The molecule has 1 atom stereocenters. The van der Waals surface area contributed by atoms with Crippen molar-refractivity contribution in [2.45, 2.75) is 341 Å². The van der Waals surface area contributed by atoms with Crippen molar-refractivity contribution < 1.29 is 28.6 Å². The first kappa shape index (κ1) is 69.4. The smallest absolute Gasteiger partial charge is 0.306 e. The zero-order chi connectivity index (χ0) is 52.2. The summed E-state index contributed by atoms with van der Waals surface area (Å²) in [6, 6.07) is 0. The maximum absolute atomic E-state index is 12.9. The highest BCUT2D eigenvalue weighted by Gasteiger charge is 2.19. The third kappa shape index (κ3) is 58.3. The molecule has 6 heteroatoms. The fraction of sp³-hybridized carbons (Fsp3) is 0.833. The van der Waals surface area contributed by atoms with Crippen LogP contribution in [0.25, 0.3) is 0 Å². The van der Waals surface area contributed by atoms with Gasteiger partial charge in [0.1, 0.15) is 13.2 Å². The van der Waals surface area contributed by atoms with Crippen LogP contribution in [0.5, 0.6) is 0 Å². The van der Waals surface area contributed by atoms with E-state index in [0.717, 1.165) is 89.9 Å². The van der Waals surface area contributed by atoms with E-state index in [2.05, 4.69) is 69.4 Å². The molecule has 0 bridgehead atoms. The Balaban J connectivity index is 4.36. The minimum Gasteiger partial charge on any atom is -0.462 e. The average Bonchev–Trinajstić information content (AvgIpc) is 3.38. The average molecular weight is 1010 g/mol. The van der Waals surface area contributed by atoms with Gasteiger partial charge in [0.25, 0.3) is 0 Å². The van der Waals surface area contributed by atoms with Crippen molar-refractivity contribution in [1.29, 1.82) is 0 Å². The van der Waals surface area contributed by atoms with Crippen LogP contribution in [-0.2, 0) is 28.6 Å². The van der Waals surface area contributed by atoms with Gasteiger partial charge in [-0.15, -0.1) is 0 Å². The molecule has 0 saturated heterocycles. The Labute approximate surface area is 448 Å². The van der Waals surface area contributed by atoms with Crippen molar-refractivity contribution in [2.24, 2.45) is 0 Å². The molecule has 0 aromatic heterocycles. The summed E-state index contributed by atoms with van der Waals surface area (Å²) in [5.41, 5.74) is 0. The van der Waals surface area contributed by atoms with Crippen LogP contribution >= 0.6 is 0 Å². The highest BCUT2D eigenvalue weighted by molar-refractivity contribution is 5.71. The van der Waals surface area contributed by atoms with Crippen LogP contribution < -0.4 is 0 Å². The third-order valence-corrected chi connectivity index (χ3v) is 14.1. The summed E-state index contributed by atoms with van der Waals surface area (Å²) in [6.45, 7) is 6.64. The van der Waals surface area contributed by atoms with Crippen molar-refractivity contribution in [3.05, 3.63) is 48.6 Å². The van der Waals surface area contributed by atoms with Crippen molar-refractivity contribution in [3.63, 3.8) is 0 Å². The number of allylic oxidation sites excluding steroid dienone is 8. The Morgan fingerprint density at radius 3 is 0.819 bits per heavy atom. The predicted octanol–water partition coefficient (Wildman–Crippen LogP) is 21.4. The van der Waals surface area contributed by atoms with E-state index >= 15 is 0 Å².